The number of hydrogen-bond donors (Lipinski definition) is 1. The van der Waals surface area contributed by atoms with Gasteiger partial charge in [0.2, 0.25) is 0 Å². The second kappa shape index (κ2) is 6.00. The number of nitrogens with one attached hydrogen (secondary N) is 1. The number of hydrogen-bond acceptors (Lipinski definition) is 2. The van der Waals surface area contributed by atoms with E-state index in [0.29, 0.717) is 4.47 Å². The maximum atomic E-state index is 13.7. The summed E-state index contributed by atoms with van der Waals surface area (Å²) in [5, 5.41) is 2.44. The Kier molecular flexibility index (Phi) is 4.34. The number of methoxy groups -OCH3 is 1. The third-order valence-corrected chi connectivity index (χ3v) is 3.29. The average Bonchev–Trinajstić information content (AvgIpc) is 2.42. The zero-order chi connectivity index (χ0) is 14.7. The number of halogens is 3. The van der Waals surface area contributed by atoms with Gasteiger partial charge in [-0.15, -0.1) is 0 Å². The summed E-state index contributed by atoms with van der Waals surface area (Å²) in [6.45, 7) is 0. The van der Waals surface area contributed by atoms with Gasteiger partial charge in [0.15, 0.2) is 0 Å². The highest BCUT2D eigenvalue weighted by Gasteiger charge is 2.18. The molecule has 0 aromatic heterocycles. The molecule has 0 fully saturated rings. The first kappa shape index (κ1) is 14.5. The Bertz CT molecular complexity index is 662. The molecular weight excluding hydrogens is 332 g/mol. The van der Waals surface area contributed by atoms with Crippen LogP contribution in [0.15, 0.2) is 40.9 Å². The molecule has 2 aromatic rings. The van der Waals surface area contributed by atoms with Gasteiger partial charge in [0.05, 0.1) is 12.8 Å². The van der Waals surface area contributed by atoms with E-state index in [1.54, 1.807) is 0 Å². The van der Waals surface area contributed by atoms with E-state index in [0.717, 1.165) is 12.1 Å². The number of ether oxygens (including phenoxy) is 1. The Morgan fingerprint density at radius 2 is 2.00 bits per heavy atom. The van der Waals surface area contributed by atoms with Crippen LogP contribution in [0.3, 0.4) is 0 Å². The molecule has 0 atom stereocenters. The summed E-state index contributed by atoms with van der Waals surface area (Å²) >= 11 is 3.18. The maximum Gasteiger partial charge on any atom is 0.262 e. The summed E-state index contributed by atoms with van der Waals surface area (Å²) in [5.41, 5.74) is -0.0218. The standard InChI is InChI=1S/C14H10BrF2NO2/c1-20-12-4-2-3-10(17)13(12)14(19)18-11-7-8(16)5-6-9(11)15/h2-7H,1H3,(H,18,19). The summed E-state index contributed by atoms with van der Waals surface area (Å²) in [6.07, 6.45) is 0. The highest BCUT2D eigenvalue weighted by molar-refractivity contribution is 9.10. The van der Waals surface area contributed by atoms with Crippen molar-refractivity contribution in [2.45, 2.75) is 0 Å². The average molecular weight is 342 g/mol. The van der Waals surface area contributed by atoms with E-state index in [1.807, 2.05) is 0 Å². The third kappa shape index (κ3) is 2.96. The largest absolute Gasteiger partial charge is 0.496 e. The smallest absolute Gasteiger partial charge is 0.262 e. The molecule has 1 amide bonds. The van der Waals surface area contributed by atoms with Gasteiger partial charge in [0.25, 0.3) is 5.91 Å². The molecule has 0 saturated heterocycles. The molecule has 0 aliphatic heterocycles. The van der Waals surface area contributed by atoms with Crippen LogP contribution in [0, 0.1) is 11.6 Å². The molecule has 0 radical (unpaired) electrons. The first-order chi connectivity index (χ1) is 9.52. The molecule has 104 valence electrons. The zero-order valence-corrected chi connectivity index (χ0v) is 12.0. The molecule has 2 aromatic carbocycles. The number of anilines is 1. The maximum absolute atomic E-state index is 13.7. The van der Waals surface area contributed by atoms with Gasteiger partial charge in [-0.1, -0.05) is 6.07 Å². The van der Waals surface area contributed by atoms with Crippen LogP contribution in [0.5, 0.6) is 5.75 Å². The Balaban J connectivity index is 2.36. The van der Waals surface area contributed by atoms with Crippen molar-refractivity contribution < 1.29 is 18.3 Å². The minimum Gasteiger partial charge on any atom is -0.496 e. The lowest BCUT2D eigenvalue weighted by Crippen LogP contribution is -2.15. The van der Waals surface area contributed by atoms with Gasteiger partial charge in [-0.05, 0) is 46.3 Å². The summed E-state index contributed by atoms with van der Waals surface area (Å²) in [6, 6.07) is 7.88. The van der Waals surface area contributed by atoms with Crippen molar-refractivity contribution in [3.05, 3.63) is 58.1 Å². The van der Waals surface area contributed by atoms with Crippen molar-refractivity contribution in [1.29, 1.82) is 0 Å². The van der Waals surface area contributed by atoms with Crippen molar-refractivity contribution in [2.75, 3.05) is 12.4 Å². The van der Waals surface area contributed by atoms with Crippen molar-refractivity contribution >= 4 is 27.5 Å². The van der Waals surface area contributed by atoms with Crippen molar-refractivity contribution in [1.82, 2.24) is 0 Å². The minimum atomic E-state index is -0.716. The Hall–Kier alpha value is -1.95. The molecular formula is C14H10BrF2NO2. The van der Waals surface area contributed by atoms with E-state index in [9.17, 15) is 13.6 Å². The van der Waals surface area contributed by atoms with Crippen LogP contribution in [0.1, 0.15) is 10.4 Å². The molecule has 3 nitrogen and oxygen atoms in total. The predicted octanol–water partition coefficient (Wildman–Crippen LogP) is 3.99. The second-order valence-electron chi connectivity index (χ2n) is 3.90. The van der Waals surface area contributed by atoms with Gasteiger partial charge in [0.1, 0.15) is 22.9 Å². The molecule has 0 saturated carbocycles. The van der Waals surface area contributed by atoms with Gasteiger partial charge in [0, 0.05) is 4.47 Å². The second-order valence-corrected chi connectivity index (χ2v) is 4.75. The molecule has 0 spiro atoms. The topological polar surface area (TPSA) is 38.3 Å². The van der Waals surface area contributed by atoms with Gasteiger partial charge in [-0.3, -0.25) is 4.79 Å². The van der Waals surface area contributed by atoms with Crippen LogP contribution in [0.4, 0.5) is 14.5 Å². The molecule has 0 bridgehead atoms. The molecule has 0 aliphatic carbocycles. The van der Waals surface area contributed by atoms with E-state index >= 15 is 0 Å². The molecule has 0 heterocycles. The Morgan fingerprint density at radius 1 is 1.25 bits per heavy atom. The van der Waals surface area contributed by atoms with E-state index in [1.165, 1.54) is 31.4 Å². The fourth-order valence-electron chi connectivity index (χ4n) is 1.67. The molecule has 1 N–H and O–H groups in total. The van der Waals surface area contributed by atoms with Gasteiger partial charge in [-0.25, -0.2) is 8.78 Å². The molecule has 20 heavy (non-hydrogen) atoms. The summed E-state index contributed by atoms with van der Waals surface area (Å²) in [5.74, 6) is -1.83. The van der Waals surface area contributed by atoms with Gasteiger partial charge < -0.3 is 10.1 Å². The van der Waals surface area contributed by atoms with Crippen LogP contribution in [-0.2, 0) is 0 Å². The first-order valence-electron chi connectivity index (χ1n) is 5.62. The summed E-state index contributed by atoms with van der Waals surface area (Å²) in [4.78, 5) is 12.1. The van der Waals surface area contributed by atoms with Crippen LogP contribution in [0.2, 0.25) is 0 Å². The van der Waals surface area contributed by atoms with Crippen molar-refractivity contribution in [3.63, 3.8) is 0 Å². The lowest BCUT2D eigenvalue weighted by molar-refractivity contribution is 0.102. The molecule has 0 unspecified atom stereocenters. The molecule has 6 heteroatoms. The number of benzene rings is 2. The molecule has 2 rings (SSSR count). The predicted molar refractivity (Wildman–Crippen MR) is 75.0 cm³/mol. The van der Waals surface area contributed by atoms with Gasteiger partial charge in [-0.2, -0.15) is 0 Å². The normalized spacial score (nSPS) is 10.2. The van der Waals surface area contributed by atoms with Crippen LogP contribution in [0.25, 0.3) is 0 Å². The van der Waals surface area contributed by atoms with E-state index in [-0.39, 0.29) is 17.0 Å². The van der Waals surface area contributed by atoms with E-state index in [2.05, 4.69) is 21.2 Å². The first-order valence-corrected chi connectivity index (χ1v) is 6.41. The van der Waals surface area contributed by atoms with Gasteiger partial charge >= 0.3 is 0 Å². The SMILES string of the molecule is COc1cccc(F)c1C(=O)Nc1cc(F)ccc1Br. The summed E-state index contributed by atoms with van der Waals surface area (Å²) in [7, 11) is 1.34. The van der Waals surface area contributed by atoms with E-state index in [4.69, 9.17) is 4.74 Å². The third-order valence-electron chi connectivity index (χ3n) is 2.60. The lowest BCUT2D eigenvalue weighted by Gasteiger charge is -2.11. The quantitative estimate of drug-likeness (QED) is 0.916. The highest BCUT2D eigenvalue weighted by atomic mass is 79.9. The van der Waals surface area contributed by atoms with Crippen LogP contribution < -0.4 is 10.1 Å². The Labute approximate surface area is 122 Å². The monoisotopic (exact) mass is 341 g/mol. The number of carbonyl (C=O) groups excluding carboxylic acids is 1. The minimum absolute atomic E-state index is 0.107. The number of amides is 1. The van der Waals surface area contributed by atoms with Crippen molar-refractivity contribution in [3.8, 4) is 5.75 Å². The zero-order valence-electron chi connectivity index (χ0n) is 10.4. The van der Waals surface area contributed by atoms with Crippen LogP contribution >= 0.6 is 15.9 Å². The molecule has 0 aliphatic rings. The van der Waals surface area contributed by atoms with Crippen LogP contribution in [-0.4, -0.2) is 13.0 Å². The lowest BCUT2D eigenvalue weighted by atomic mass is 10.1. The summed E-state index contributed by atoms with van der Waals surface area (Å²) < 4.78 is 32.3. The Morgan fingerprint density at radius 3 is 2.70 bits per heavy atom. The van der Waals surface area contributed by atoms with Crippen molar-refractivity contribution in [2.24, 2.45) is 0 Å². The number of carbonyl (C=O) groups is 1. The highest BCUT2D eigenvalue weighted by Crippen LogP contribution is 2.26. The van der Waals surface area contributed by atoms with E-state index < -0.39 is 17.5 Å². The fraction of sp³-hybridized carbons (Fsp3) is 0.0714. The number of rotatable bonds is 3. The fourth-order valence-corrected chi connectivity index (χ4v) is 2.02.